The van der Waals surface area contributed by atoms with E-state index in [-0.39, 0.29) is 11.6 Å². The molecule has 3 nitrogen and oxygen atoms in total. The van der Waals surface area contributed by atoms with E-state index in [1.807, 2.05) is 30.3 Å². The number of rotatable bonds is 3. The molecule has 0 heterocycles. The Morgan fingerprint density at radius 1 is 1.00 bits per heavy atom. The van der Waals surface area contributed by atoms with Gasteiger partial charge in [-0.1, -0.05) is 30.3 Å². The highest BCUT2D eigenvalue weighted by molar-refractivity contribution is 5.92. The van der Waals surface area contributed by atoms with Gasteiger partial charge in [-0.25, -0.2) is 18.2 Å². The normalized spacial score (nSPS) is 11.4. The number of guanidine groups is 1. The highest BCUT2D eigenvalue weighted by Gasteiger charge is 2.13. The average molecular weight is 279 g/mol. The molecule has 0 aliphatic rings. The molecule has 20 heavy (non-hydrogen) atoms. The summed E-state index contributed by atoms with van der Waals surface area (Å²) in [5.74, 6) is -4.22. The van der Waals surface area contributed by atoms with Crippen molar-refractivity contribution in [2.24, 2.45) is 10.7 Å². The van der Waals surface area contributed by atoms with Crippen LogP contribution in [0.2, 0.25) is 0 Å². The van der Waals surface area contributed by atoms with Gasteiger partial charge in [0.15, 0.2) is 23.4 Å². The van der Waals surface area contributed by atoms with Gasteiger partial charge < -0.3 is 11.1 Å². The Balaban J connectivity index is 2.08. The molecule has 2 aromatic rings. The van der Waals surface area contributed by atoms with Gasteiger partial charge in [0.1, 0.15) is 0 Å². The van der Waals surface area contributed by atoms with E-state index in [0.717, 1.165) is 17.7 Å². The lowest BCUT2D eigenvalue weighted by Crippen LogP contribution is -2.23. The van der Waals surface area contributed by atoms with E-state index in [1.54, 1.807) is 0 Å². The molecule has 2 rings (SSSR count). The van der Waals surface area contributed by atoms with E-state index in [2.05, 4.69) is 10.3 Å². The van der Waals surface area contributed by atoms with Gasteiger partial charge in [0.25, 0.3) is 0 Å². The van der Waals surface area contributed by atoms with Crippen molar-refractivity contribution < 1.29 is 13.2 Å². The van der Waals surface area contributed by atoms with E-state index >= 15 is 0 Å². The fraction of sp³-hybridized carbons (Fsp3) is 0.0714. The van der Waals surface area contributed by atoms with Gasteiger partial charge in [-0.2, -0.15) is 0 Å². The van der Waals surface area contributed by atoms with Gasteiger partial charge in [-0.05, 0) is 17.7 Å². The molecule has 0 bridgehead atoms. The van der Waals surface area contributed by atoms with E-state index in [9.17, 15) is 13.2 Å². The van der Waals surface area contributed by atoms with Crippen molar-refractivity contribution in [1.29, 1.82) is 0 Å². The SMILES string of the molecule is NC(=NCc1ccccc1)Nc1ccc(F)c(F)c1F. The van der Waals surface area contributed by atoms with Crippen molar-refractivity contribution in [3.8, 4) is 0 Å². The minimum Gasteiger partial charge on any atom is -0.370 e. The average Bonchev–Trinajstić information content (AvgIpc) is 2.47. The van der Waals surface area contributed by atoms with Crippen LogP contribution in [0.15, 0.2) is 47.5 Å². The van der Waals surface area contributed by atoms with Crippen molar-refractivity contribution in [1.82, 2.24) is 0 Å². The lowest BCUT2D eigenvalue weighted by atomic mass is 10.2. The van der Waals surface area contributed by atoms with Crippen LogP contribution in [-0.2, 0) is 6.54 Å². The maximum absolute atomic E-state index is 13.4. The van der Waals surface area contributed by atoms with Gasteiger partial charge in [0.2, 0.25) is 0 Å². The number of hydrogen-bond acceptors (Lipinski definition) is 1. The molecule has 0 radical (unpaired) electrons. The van der Waals surface area contributed by atoms with Crippen LogP contribution >= 0.6 is 0 Å². The Labute approximate surface area is 114 Å². The predicted octanol–water partition coefficient (Wildman–Crippen LogP) is 3.03. The smallest absolute Gasteiger partial charge is 0.196 e. The second-order valence-electron chi connectivity index (χ2n) is 4.03. The number of nitrogens with two attached hydrogens (primary N) is 1. The number of nitrogens with zero attached hydrogens (tertiary/aromatic N) is 1. The molecule has 0 aromatic heterocycles. The largest absolute Gasteiger partial charge is 0.370 e. The van der Waals surface area contributed by atoms with Crippen LogP contribution in [0, 0.1) is 17.5 Å². The van der Waals surface area contributed by atoms with Crippen molar-refractivity contribution in [3.63, 3.8) is 0 Å². The van der Waals surface area contributed by atoms with E-state index in [1.165, 1.54) is 0 Å². The third-order valence-electron chi connectivity index (χ3n) is 2.57. The molecule has 2 aromatic carbocycles. The molecule has 0 spiro atoms. The standard InChI is InChI=1S/C14H12F3N3/c15-10-6-7-11(13(17)12(10)16)20-14(18)19-8-9-4-2-1-3-5-9/h1-7H,8H2,(H3,18,19,20). The van der Waals surface area contributed by atoms with Crippen LogP contribution in [0.3, 0.4) is 0 Å². The predicted molar refractivity (Wildman–Crippen MR) is 71.7 cm³/mol. The summed E-state index contributed by atoms with van der Waals surface area (Å²) in [6, 6.07) is 11.1. The minimum atomic E-state index is -1.55. The first-order valence-corrected chi connectivity index (χ1v) is 5.82. The van der Waals surface area contributed by atoms with Crippen LogP contribution in [-0.4, -0.2) is 5.96 Å². The summed E-state index contributed by atoms with van der Waals surface area (Å²) in [6.07, 6.45) is 0. The third-order valence-corrected chi connectivity index (χ3v) is 2.57. The molecule has 0 saturated heterocycles. The first kappa shape index (κ1) is 13.9. The minimum absolute atomic E-state index is 0.0845. The molecular formula is C14H12F3N3. The highest BCUT2D eigenvalue weighted by atomic mass is 19.2. The highest BCUT2D eigenvalue weighted by Crippen LogP contribution is 2.19. The Morgan fingerprint density at radius 3 is 2.40 bits per heavy atom. The molecule has 0 fully saturated rings. The summed E-state index contributed by atoms with van der Waals surface area (Å²) >= 11 is 0. The summed E-state index contributed by atoms with van der Waals surface area (Å²) in [6.45, 7) is 0.297. The van der Waals surface area contributed by atoms with Gasteiger partial charge in [-0.3, -0.25) is 0 Å². The Morgan fingerprint density at radius 2 is 1.70 bits per heavy atom. The zero-order valence-electron chi connectivity index (χ0n) is 10.4. The summed E-state index contributed by atoms with van der Waals surface area (Å²) < 4.78 is 39.2. The second kappa shape index (κ2) is 6.10. The first-order chi connectivity index (χ1) is 9.58. The fourth-order valence-corrected chi connectivity index (χ4v) is 1.56. The van der Waals surface area contributed by atoms with Crippen molar-refractivity contribution in [2.45, 2.75) is 6.54 Å². The van der Waals surface area contributed by atoms with Crippen LogP contribution < -0.4 is 11.1 Å². The third kappa shape index (κ3) is 3.28. The van der Waals surface area contributed by atoms with Crippen LogP contribution in [0.5, 0.6) is 0 Å². The molecule has 6 heteroatoms. The quantitative estimate of drug-likeness (QED) is 0.515. The van der Waals surface area contributed by atoms with Crippen molar-refractivity contribution >= 4 is 11.6 Å². The Hall–Kier alpha value is -2.50. The molecule has 0 unspecified atom stereocenters. The summed E-state index contributed by atoms with van der Waals surface area (Å²) in [4.78, 5) is 3.98. The van der Waals surface area contributed by atoms with Gasteiger partial charge in [0.05, 0.1) is 12.2 Å². The molecule has 0 saturated carbocycles. The summed E-state index contributed by atoms with van der Waals surface area (Å²) in [5.41, 5.74) is 6.22. The number of hydrogen-bond donors (Lipinski definition) is 2. The van der Waals surface area contributed by atoms with Crippen molar-refractivity contribution in [2.75, 3.05) is 5.32 Å². The maximum Gasteiger partial charge on any atom is 0.196 e. The lowest BCUT2D eigenvalue weighted by Gasteiger charge is -2.07. The summed E-state index contributed by atoms with van der Waals surface area (Å²) in [7, 11) is 0. The molecular weight excluding hydrogens is 267 g/mol. The fourth-order valence-electron chi connectivity index (χ4n) is 1.56. The van der Waals surface area contributed by atoms with Gasteiger partial charge in [0, 0.05) is 0 Å². The number of aliphatic imine (C=N–C) groups is 1. The molecule has 3 N–H and O–H groups in total. The number of anilines is 1. The van der Waals surface area contributed by atoms with Crippen LogP contribution in [0.1, 0.15) is 5.56 Å². The number of benzene rings is 2. The zero-order chi connectivity index (χ0) is 14.5. The summed E-state index contributed by atoms with van der Waals surface area (Å²) in [5, 5.41) is 2.39. The second-order valence-corrected chi connectivity index (χ2v) is 4.03. The lowest BCUT2D eigenvalue weighted by molar-refractivity contribution is 0.449. The van der Waals surface area contributed by atoms with Gasteiger partial charge in [-0.15, -0.1) is 0 Å². The topological polar surface area (TPSA) is 50.4 Å². The van der Waals surface area contributed by atoms with Crippen LogP contribution in [0.25, 0.3) is 0 Å². The molecule has 0 amide bonds. The molecule has 0 aliphatic heterocycles. The van der Waals surface area contributed by atoms with Gasteiger partial charge >= 0.3 is 0 Å². The molecule has 104 valence electrons. The van der Waals surface area contributed by atoms with E-state index < -0.39 is 17.5 Å². The van der Waals surface area contributed by atoms with E-state index in [0.29, 0.717) is 6.54 Å². The van der Waals surface area contributed by atoms with E-state index in [4.69, 9.17) is 5.73 Å². The molecule has 0 atom stereocenters. The first-order valence-electron chi connectivity index (χ1n) is 5.82. The zero-order valence-corrected chi connectivity index (χ0v) is 10.4. The Kier molecular flexibility index (Phi) is 4.24. The number of nitrogens with one attached hydrogen (secondary N) is 1. The van der Waals surface area contributed by atoms with Crippen LogP contribution in [0.4, 0.5) is 18.9 Å². The molecule has 0 aliphatic carbocycles. The van der Waals surface area contributed by atoms with Crippen molar-refractivity contribution in [3.05, 3.63) is 65.5 Å². The Bertz CT molecular complexity index is 627. The number of halogens is 3. The monoisotopic (exact) mass is 279 g/mol. The maximum atomic E-state index is 13.4.